The number of amides is 1. The van der Waals surface area contributed by atoms with Gasteiger partial charge in [0.15, 0.2) is 0 Å². The van der Waals surface area contributed by atoms with Crippen molar-refractivity contribution in [2.24, 2.45) is 0 Å². The summed E-state index contributed by atoms with van der Waals surface area (Å²) in [5.74, 6) is 0.0806. The van der Waals surface area contributed by atoms with Crippen LogP contribution >= 0.6 is 12.6 Å². The van der Waals surface area contributed by atoms with Crippen LogP contribution in [-0.2, 0) is 11.2 Å². The average Bonchev–Trinajstić information content (AvgIpc) is 2.70. The fraction of sp³-hybridized carbons (Fsp3) is 0.458. The molecule has 3 atom stereocenters. The number of benzene rings is 2. The number of halogens is 2. The summed E-state index contributed by atoms with van der Waals surface area (Å²) < 4.78 is 38.8. The summed E-state index contributed by atoms with van der Waals surface area (Å²) in [6, 6.07) is 8.81. The molecule has 3 rings (SSSR count). The third kappa shape index (κ3) is 6.84. The molecule has 0 aliphatic carbocycles. The molecule has 2 N–H and O–H groups in total. The Labute approximate surface area is 193 Å². The average molecular weight is 465 g/mol. The largest absolute Gasteiger partial charge is 0.493 e. The van der Waals surface area contributed by atoms with E-state index in [9.17, 15) is 13.6 Å². The minimum Gasteiger partial charge on any atom is -0.493 e. The number of carbonyl (C=O) groups excluding carboxylic acids is 1. The van der Waals surface area contributed by atoms with Crippen LogP contribution in [0.3, 0.4) is 0 Å². The summed E-state index contributed by atoms with van der Waals surface area (Å²) in [5.41, 5.74) is 1.48. The Balaban J connectivity index is 1.69. The van der Waals surface area contributed by atoms with Crippen LogP contribution in [0.25, 0.3) is 0 Å². The monoisotopic (exact) mass is 464 g/mol. The number of nitrogens with one attached hydrogen (secondary N) is 2. The van der Waals surface area contributed by atoms with Gasteiger partial charge in [-0.1, -0.05) is 0 Å². The standard InChI is InChI=1S/C24H30F2N2O3S/c1-14(2)31-19-4-5-23-20(12-19)21(6-7-30-23)27-13-24(32)22(28-15(3)29)10-16-8-17(25)11-18(26)9-16/h4-5,8-9,11-12,14,21-22,24,27,32H,6-7,10,13H2,1-3H3,(H,28,29)/t21-,22-,24+/m0/s1. The summed E-state index contributed by atoms with van der Waals surface area (Å²) >= 11 is 4.70. The third-order valence-corrected chi connectivity index (χ3v) is 5.74. The summed E-state index contributed by atoms with van der Waals surface area (Å²) in [6.45, 7) is 6.43. The van der Waals surface area contributed by atoms with Crippen molar-refractivity contribution in [2.45, 2.75) is 57.1 Å². The SMILES string of the molecule is CC(=O)N[C@@H](Cc1cc(F)cc(F)c1)[C@H](S)CN[C@H]1CCOc2ccc(OC(C)C)cc21. The molecule has 174 valence electrons. The Morgan fingerprint density at radius 3 is 2.59 bits per heavy atom. The van der Waals surface area contributed by atoms with Crippen LogP contribution in [0.4, 0.5) is 8.78 Å². The Morgan fingerprint density at radius 1 is 1.22 bits per heavy atom. The maximum Gasteiger partial charge on any atom is 0.217 e. The molecule has 2 aromatic rings. The molecule has 1 heterocycles. The predicted octanol–water partition coefficient (Wildman–Crippen LogP) is 4.21. The van der Waals surface area contributed by atoms with Gasteiger partial charge in [0.25, 0.3) is 0 Å². The third-order valence-electron chi connectivity index (χ3n) is 5.20. The maximum atomic E-state index is 13.6. The van der Waals surface area contributed by atoms with E-state index in [2.05, 4.69) is 10.6 Å². The number of fused-ring (bicyclic) bond motifs is 1. The van der Waals surface area contributed by atoms with E-state index in [4.69, 9.17) is 22.1 Å². The molecule has 2 aromatic carbocycles. The minimum atomic E-state index is -0.645. The first-order valence-corrected chi connectivity index (χ1v) is 11.3. The van der Waals surface area contributed by atoms with E-state index >= 15 is 0 Å². The van der Waals surface area contributed by atoms with E-state index < -0.39 is 17.7 Å². The van der Waals surface area contributed by atoms with Crippen molar-refractivity contribution in [1.82, 2.24) is 10.6 Å². The number of ether oxygens (including phenoxy) is 2. The molecule has 0 saturated carbocycles. The van der Waals surface area contributed by atoms with Gasteiger partial charge in [0.05, 0.1) is 12.7 Å². The summed E-state index contributed by atoms with van der Waals surface area (Å²) in [7, 11) is 0. The maximum absolute atomic E-state index is 13.6. The van der Waals surface area contributed by atoms with Crippen LogP contribution in [0, 0.1) is 11.6 Å². The van der Waals surface area contributed by atoms with E-state index in [1.165, 1.54) is 19.1 Å². The van der Waals surface area contributed by atoms with Crippen LogP contribution < -0.4 is 20.1 Å². The number of rotatable bonds is 9. The molecule has 8 heteroatoms. The van der Waals surface area contributed by atoms with Gasteiger partial charge in [0.2, 0.25) is 5.91 Å². The van der Waals surface area contributed by atoms with E-state index in [0.717, 1.165) is 29.5 Å². The fourth-order valence-electron chi connectivity index (χ4n) is 3.86. The van der Waals surface area contributed by atoms with E-state index in [1.807, 2.05) is 32.0 Å². The zero-order valence-corrected chi connectivity index (χ0v) is 19.4. The minimum absolute atomic E-state index is 0.0358. The van der Waals surface area contributed by atoms with Crippen molar-refractivity contribution in [1.29, 1.82) is 0 Å². The van der Waals surface area contributed by atoms with Gasteiger partial charge in [-0.15, -0.1) is 0 Å². The molecule has 0 radical (unpaired) electrons. The van der Waals surface area contributed by atoms with Gasteiger partial charge in [0.1, 0.15) is 23.1 Å². The number of thiol groups is 1. The molecule has 0 saturated heterocycles. The molecule has 0 spiro atoms. The topological polar surface area (TPSA) is 59.6 Å². The zero-order valence-electron chi connectivity index (χ0n) is 18.5. The Kier molecular flexibility index (Phi) is 8.37. The second kappa shape index (κ2) is 11.0. The summed E-state index contributed by atoms with van der Waals surface area (Å²) in [4.78, 5) is 11.7. The highest BCUT2D eigenvalue weighted by Crippen LogP contribution is 2.35. The van der Waals surface area contributed by atoms with Crippen molar-refractivity contribution in [3.63, 3.8) is 0 Å². The molecule has 1 amide bonds. The molecular formula is C24H30F2N2O3S. The first kappa shape index (κ1) is 24.3. The van der Waals surface area contributed by atoms with Gasteiger partial charge in [0, 0.05) is 48.9 Å². The van der Waals surface area contributed by atoms with Crippen molar-refractivity contribution >= 4 is 18.5 Å². The normalized spacial score (nSPS) is 17.3. The highest BCUT2D eigenvalue weighted by atomic mass is 32.1. The lowest BCUT2D eigenvalue weighted by molar-refractivity contribution is -0.119. The van der Waals surface area contributed by atoms with Gasteiger partial charge in [-0.25, -0.2) is 8.78 Å². The molecular weight excluding hydrogens is 434 g/mol. The van der Waals surface area contributed by atoms with Crippen LogP contribution in [0.2, 0.25) is 0 Å². The quantitative estimate of drug-likeness (QED) is 0.487. The smallest absolute Gasteiger partial charge is 0.217 e. The van der Waals surface area contributed by atoms with Crippen molar-refractivity contribution < 1.29 is 23.0 Å². The molecule has 32 heavy (non-hydrogen) atoms. The summed E-state index contributed by atoms with van der Waals surface area (Å²) in [5, 5.41) is 6.08. The van der Waals surface area contributed by atoms with Crippen LogP contribution in [0.15, 0.2) is 36.4 Å². The molecule has 0 aromatic heterocycles. The first-order chi connectivity index (χ1) is 15.2. The predicted molar refractivity (Wildman–Crippen MR) is 124 cm³/mol. The second-order valence-electron chi connectivity index (χ2n) is 8.32. The molecule has 0 bridgehead atoms. The van der Waals surface area contributed by atoms with Gasteiger partial charge < -0.3 is 20.1 Å². The zero-order chi connectivity index (χ0) is 23.3. The van der Waals surface area contributed by atoms with Crippen molar-refractivity contribution in [3.05, 3.63) is 59.2 Å². The van der Waals surface area contributed by atoms with Gasteiger partial charge >= 0.3 is 0 Å². The second-order valence-corrected chi connectivity index (χ2v) is 8.98. The Morgan fingerprint density at radius 2 is 1.94 bits per heavy atom. The molecule has 0 unspecified atom stereocenters. The van der Waals surface area contributed by atoms with E-state index in [0.29, 0.717) is 18.7 Å². The molecule has 1 aliphatic rings. The van der Waals surface area contributed by atoms with Gasteiger partial charge in [-0.2, -0.15) is 12.6 Å². The highest BCUT2D eigenvalue weighted by Gasteiger charge is 2.25. The number of hydrogen-bond acceptors (Lipinski definition) is 5. The lowest BCUT2D eigenvalue weighted by Crippen LogP contribution is -2.46. The molecule has 0 fully saturated rings. The van der Waals surface area contributed by atoms with Crippen molar-refractivity contribution in [3.8, 4) is 11.5 Å². The van der Waals surface area contributed by atoms with Crippen molar-refractivity contribution in [2.75, 3.05) is 13.2 Å². The van der Waals surface area contributed by atoms with Crippen LogP contribution in [0.1, 0.15) is 44.4 Å². The summed E-state index contributed by atoms with van der Waals surface area (Å²) in [6.07, 6.45) is 1.11. The molecule has 1 aliphatic heterocycles. The Hall–Kier alpha value is -2.32. The molecule has 5 nitrogen and oxygen atoms in total. The lowest BCUT2D eigenvalue weighted by Gasteiger charge is -2.30. The van der Waals surface area contributed by atoms with Crippen LogP contribution in [0.5, 0.6) is 11.5 Å². The Bertz CT molecular complexity index is 921. The van der Waals surface area contributed by atoms with Crippen LogP contribution in [-0.4, -0.2) is 36.5 Å². The van der Waals surface area contributed by atoms with E-state index in [-0.39, 0.29) is 29.7 Å². The first-order valence-electron chi connectivity index (χ1n) is 10.8. The van der Waals surface area contributed by atoms with E-state index in [1.54, 1.807) is 0 Å². The fourth-order valence-corrected chi connectivity index (χ4v) is 4.15. The number of carbonyl (C=O) groups is 1. The highest BCUT2D eigenvalue weighted by molar-refractivity contribution is 7.81. The van der Waals surface area contributed by atoms with Gasteiger partial charge in [-0.05, 0) is 56.2 Å². The number of hydrogen-bond donors (Lipinski definition) is 3. The lowest BCUT2D eigenvalue weighted by atomic mass is 9.98. The van der Waals surface area contributed by atoms with Gasteiger partial charge in [-0.3, -0.25) is 4.79 Å².